The topological polar surface area (TPSA) is 17.1 Å². The van der Waals surface area contributed by atoms with E-state index < -0.39 is 10.8 Å². The predicted octanol–water partition coefficient (Wildman–Crippen LogP) is 1.80. The van der Waals surface area contributed by atoms with Crippen molar-refractivity contribution in [1.82, 2.24) is 0 Å². The Balaban J connectivity index is 3.66. The van der Waals surface area contributed by atoms with E-state index in [0.717, 1.165) is 0 Å². The average Bonchev–Trinajstić information content (AvgIpc) is 1.68. The van der Waals surface area contributed by atoms with Crippen LogP contribution < -0.4 is 0 Å². The first-order valence-electron chi connectivity index (χ1n) is 2.46. The number of allylic oxidation sites excluding steroid dienone is 2. The Morgan fingerprint density at radius 2 is 1.50 bits per heavy atom. The molecule has 0 rings (SSSR count). The van der Waals surface area contributed by atoms with Crippen molar-refractivity contribution in [3.05, 3.63) is 23.0 Å². The van der Waals surface area contributed by atoms with Crippen molar-refractivity contribution in [2.75, 3.05) is 0 Å². The fourth-order valence-corrected chi connectivity index (χ4v) is 0.941. The molecule has 8 heavy (non-hydrogen) atoms. The summed E-state index contributed by atoms with van der Waals surface area (Å²) in [5.41, 5.74) is 0. The van der Waals surface area contributed by atoms with Crippen LogP contribution in [0.4, 0.5) is 0 Å². The first kappa shape index (κ1) is 7.63. The van der Waals surface area contributed by atoms with Crippen LogP contribution in [0.1, 0.15) is 13.8 Å². The molecular formula is C6H10OS. The molecule has 0 aromatic heterocycles. The summed E-state index contributed by atoms with van der Waals surface area (Å²) in [6.07, 6.45) is 3.55. The van der Waals surface area contributed by atoms with Crippen LogP contribution in [0, 0.1) is 0 Å². The number of hydrogen-bond acceptors (Lipinski definition) is 1. The highest BCUT2D eigenvalue weighted by atomic mass is 32.2. The lowest BCUT2D eigenvalue weighted by Gasteiger charge is -1.77. The van der Waals surface area contributed by atoms with Crippen LogP contribution in [-0.4, -0.2) is 4.21 Å². The molecule has 0 fully saturated rings. The Kier molecular flexibility index (Phi) is 4.56. The minimum atomic E-state index is -0.881. The van der Waals surface area contributed by atoms with E-state index in [1.807, 2.05) is 13.8 Å². The van der Waals surface area contributed by atoms with Crippen LogP contribution in [-0.2, 0) is 10.8 Å². The highest BCUT2D eigenvalue weighted by molar-refractivity contribution is 7.90. The number of rotatable bonds is 2. The van der Waals surface area contributed by atoms with Crippen molar-refractivity contribution >= 4 is 10.8 Å². The van der Waals surface area contributed by atoms with E-state index in [-0.39, 0.29) is 0 Å². The Bertz CT molecular complexity index is 110. The van der Waals surface area contributed by atoms with E-state index in [2.05, 4.69) is 0 Å². The predicted molar refractivity (Wildman–Crippen MR) is 37.8 cm³/mol. The maximum atomic E-state index is 10.6. The van der Waals surface area contributed by atoms with Gasteiger partial charge in [-0.1, -0.05) is 12.2 Å². The third-order valence-corrected chi connectivity index (χ3v) is 1.62. The molecule has 0 saturated carbocycles. The van der Waals surface area contributed by atoms with Gasteiger partial charge in [-0.25, -0.2) is 0 Å². The lowest BCUT2D eigenvalue weighted by atomic mass is 10.8. The molecule has 1 nitrogen and oxygen atoms in total. The molecule has 0 atom stereocenters. The smallest absolute Gasteiger partial charge is 0.0695 e. The summed E-state index contributed by atoms with van der Waals surface area (Å²) in [5, 5.41) is 3.28. The monoisotopic (exact) mass is 130 g/mol. The molecule has 0 saturated heterocycles. The summed E-state index contributed by atoms with van der Waals surface area (Å²) in [4.78, 5) is 0. The van der Waals surface area contributed by atoms with Gasteiger partial charge in [-0.05, 0) is 13.8 Å². The molecule has 0 radical (unpaired) electrons. The molecule has 0 aliphatic rings. The zero-order valence-electron chi connectivity index (χ0n) is 5.13. The maximum absolute atomic E-state index is 10.6. The van der Waals surface area contributed by atoms with Crippen LogP contribution in [0.3, 0.4) is 0 Å². The van der Waals surface area contributed by atoms with E-state index in [1.54, 1.807) is 23.0 Å². The van der Waals surface area contributed by atoms with Crippen molar-refractivity contribution in [1.29, 1.82) is 0 Å². The standard InChI is InChI=1S/C6H10OS/c1-3-5-8(7)6-4-2/h3-6H,1-2H3. The van der Waals surface area contributed by atoms with Gasteiger partial charge < -0.3 is 0 Å². The largest absolute Gasteiger partial charge is 0.250 e. The third-order valence-electron chi connectivity index (χ3n) is 0.540. The second-order valence-corrected chi connectivity index (χ2v) is 2.47. The summed E-state index contributed by atoms with van der Waals surface area (Å²) in [5.74, 6) is 0. The lowest BCUT2D eigenvalue weighted by molar-refractivity contribution is 0.693. The molecule has 0 amide bonds. The minimum absolute atomic E-state index is 0.881. The van der Waals surface area contributed by atoms with Crippen LogP contribution >= 0.6 is 0 Å². The molecule has 46 valence electrons. The fourth-order valence-electron chi connectivity index (χ4n) is 0.314. The Morgan fingerprint density at radius 3 is 1.75 bits per heavy atom. The first-order chi connectivity index (χ1) is 3.81. The van der Waals surface area contributed by atoms with Crippen LogP contribution in [0.25, 0.3) is 0 Å². The Labute approximate surface area is 52.6 Å². The van der Waals surface area contributed by atoms with E-state index in [9.17, 15) is 4.21 Å². The van der Waals surface area contributed by atoms with Gasteiger partial charge in [0.25, 0.3) is 0 Å². The van der Waals surface area contributed by atoms with E-state index in [1.165, 1.54) is 0 Å². The van der Waals surface area contributed by atoms with E-state index in [0.29, 0.717) is 0 Å². The molecule has 0 N–H and O–H groups in total. The molecule has 0 heterocycles. The fraction of sp³-hybridized carbons (Fsp3) is 0.333. The van der Waals surface area contributed by atoms with Crippen LogP contribution in [0.5, 0.6) is 0 Å². The Morgan fingerprint density at radius 1 is 1.12 bits per heavy atom. The van der Waals surface area contributed by atoms with Gasteiger partial charge >= 0.3 is 0 Å². The zero-order valence-corrected chi connectivity index (χ0v) is 5.94. The highest BCUT2D eigenvalue weighted by Gasteiger charge is 1.77. The minimum Gasteiger partial charge on any atom is -0.250 e. The molecule has 0 unspecified atom stereocenters. The van der Waals surface area contributed by atoms with Crippen molar-refractivity contribution in [2.45, 2.75) is 13.8 Å². The van der Waals surface area contributed by atoms with Gasteiger partial charge in [0.05, 0.1) is 10.8 Å². The normalized spacial score (nSPS) is 15.8. The average molecular weight is 130 g/mol. The Hall–Kier alpha value is -0.370. The van der Waals surface area contributed by atoms with Crippen molar-refractivity contribution < 1.29 is 4.21 Å². The van der Waals surface area contributed by atoms with Crippen molar-refractivity contribution in [3.8, 4) is 0 Å². The van der Waals surface area contributed by atoms with Crippen molar-refractivity contribution in [3.63, 3.8) is 0 Å². The molecular weight excluding hydrogens is 120 g/mol. The summed E-state index contributed by atoms with van der Waals surface area (Å²) >= 11 is 0. The van der Waals surface area contributed by atoms with Gasteiger partial charge in [0, 0.05) is 10.8 Å². The van der Waals surface area contributed by atoms with E-state index in [4.69, 9.17) is 0 Å². The molecule has 0 aromatic rings. The summed E-state index contributed by atoms with van der Waals surface area (Å²) < 4.78 is 10.6. The van der Waals surface area contributed by atoms with Gasteiger partial charge in [0.1, 0.15) is 0 Å². The van der Waals surface area contributed by atoms with Crippen molar-refractivity contribution in [2.24, 2.45) is 0 Å². The first-order valence-corrected chi connectivity index (χ1v) is 3.74. The molecule has 0 spiro atoms. The van der Waals surface area contributed by atoms with Gasteiger partial charge in [0.15, 0.2) is 0 Å². The second-order valence-electron chi connectivity index (χ2n) is 1.27. The molecule has 0 aliphatic heterocycles. The van der Waals surface area contributed by atoms with Gasteiger partial charge in [0.2, 0.25) is 0 Å². The summed E-state index contributed by atoms with van der Waals surface area (Å²) in [7, 11) is -0.881. The van der Waals surface area contributed by atoms with Crippen LogP contribution in [0.2, 0.25) is 0 Å². The SMILES string of the molecule is CC=CS(=O)C=CC. The van der Waals surface area contributed by atoms with Gasteiger partial charge in [-0.3, -0.25) is 4.21 Å². The molecule has 0 aliphatic carbocycles. The van der Waals surface area contributed by atoms with Gasteiger partial charge in [-0.2, -0.15) is 0 Å². The number of hydrogen-bond donors (Lipinski definition) is 0. The maximum Gasteiger partial charge on any atom is 0.0695 e. The quantitative estimate of drug-likeness (QED) is 0.557. The third kappa shape index (κ3) is 3.81. The zero-order chi connectivity index (χ0) is 6.41. The summed E-state index contributed by atoms with van der Waals surface area (Å²) in [6, 6.07) is 0. The van der Waals surface area contributed by atoms with Gasteiger partial charge in [-0.15, -0.1) is 0 Å². The van der Waals surface area contributed by atoms with Crippen LogP contribution in [0.15, 0.2) is 23.0 Å². The summed E-state index contributed by atoms with van der Waals surface area (Å²) in [6.45, 7) is 3.70. The molecule has 0 aromatic carbocycles. The molecule has 2 heteroatoms. The molecule has 0 bridgehead atoms. The highest BCUT2D eigenvalue weighted by Crippen LogP contribution is 1.85. The second kappa shape index (κ2) is 4.78. The lowest BCUT2D eigenvalue weighted by Crippen LogP contribution is -1.71. The van der Waals surface area contributed by atoms with E-state index >= 15 is 0 Å².